The Morgan fingerprint density at radius 1 is 0.824 bits per heavy atom. The minimum atomic E-state index is -0.812. The number of amides is 3. The molecule has 0 bridgehead atoms. The number of para-hydroxylation sites is 2. The van der Waals surface area contributed by atoms with Crippen molar-refractivity contribution in [2.45, 2.75) is 19.0 Å². The first-order valence-electron chi connectivity index (χ1n) is 11.4. The van der Waals surface area contributed by atoms with Gasteiger partial charge in [-0.3, -0.25) is 14.4 Å². The predicted molar refractivity (Wildman–Crippen MR) is 131 cm³/mol. The van der Waals surface area contributed by atoms with E-state index in [1.807, 2.05) is 90.7 Å². The fraction of sp³-hybridized carbons (Fsp3) is 0.179. The zero-order chi connectivity index (χ0) is 23.4. The van der Waals surface area contributed by atoms with Crippen LogP contribution in [-0.2, 0) is 14.4 Å². The molecule has 6 heteroatoms. The van der Waals surface area contributed by atoms with E-state index in [9.17, 15) is 14.4 Å². The highest BCUT2D eigenvalue weighted by Gasteiger charge is 2.64. The number of rotatable bonds is 3. The normalized spacial score (nSPS) is 24.6. The van der Waals surface area contributed by atoms with Crippen molar-refractivity contribution in [1.82, 2.24) is 0 Å². The molecule has 6 rings (SSSR count). The zero-order valence-electron chi connectivity index (χ0n) is 18.6. The van der Waals surface area contributed by atoms with Gasteiger partial charge in [0.1, 0.15) is 6.04 Å². The molecule has 0 aromatic heterocycles. The van der Waals surface area contributed by atoms with Gasteiger partial charge in [-0.2, -0.15) is 0 Å². The van der Waals surface area contributed by atoms with E-state index in [0.717, 1.165) is 16.8 Å². The molecular weight excluding hydrogens is 426 g/mol. The molecule has 0 radical (unpaired) electrons. The molecule has 0 spiro atoms. The fourth-order valence-electron chi connectivity index (χ4n) is 5.50. The van der Waals surface area contributed by atoms with Gasteiger partial charge in [0.15, 0.2) is 0 Å². The lowest BCUT2D eigenvalue weighted by Gasteiger charge is -2.36. The Labute approximate surface area is 197 Å². The summed E-state index contributed by atoms with van der Waals surface area (Å²) < 4.78 is 0. The van der Waals surface area contributed by atoms with Gasteiger partial charge in [0.05, 0.1) is 23.6 Å². The minimum Gasteiger partial charge on any atom is -0.351 e. The van der Waals surface area contributed by atoms with Crippen LogP contribution in [0.2, 0.25) is 0 Å². The summed E-state index contributed by atoms with van der Waals surface area (Å²) in [6.07, 6.45) is 3.94. The first kappa shape index (κ1) is 20.4. The molecule has 3 heterocycles. The van der Waals surface area contributed by atoms with Crippen molar-refractivity contribution >= 4 is 40.9 Å². The molecule has 6 nitrogen and oxygen atoms in total. The molecule has 0 unspecified atom stereocenters. The summed E-state index contributed by atoms with van der Waals surface area (Å²) in [5.41, 5.74) is 4.07. The third-order valence-electron chi connectivity index (χ3n) is 7.02. The summed E-state index contributed by atoms with van der Waals surface area (Å²) in [5.74, 6) is -2.29. The molecule has 2 saturated heterocycles. The van der Waals surface area contributed by atoms with Crippen LogP contribution in [0.5, 0.6) is 0 Å². The Morgan fingerprint density at radius 2 is 1.50 bits per heavy atom. The van der Waals surface area contributed by atoms with Crippen molar-refractivity contribution in [2.24, 2.45) is 11.8 Å². The molecule has 3 aliphatic rings. The first-order valence-corrected chi connectivity index (χ1v) is 11.4. The Morgan fingerprint density at radius 3 is 2.26 bits per heavy atom. The molecule has 3 amide bonds. The number of nitrogens with one attached hydrogen (secondary N) is 1. The van der Waals surface area contributed by atoms with Crippen LogP contribution in [0.25, 0.3) is 6.08 Å². The second-order valence-electron chi connectivity index (χ2n) is 9.01. The standard InChI is InChI=1S/C28H23N3O3/c1-17-11-14-20(15-12-17)30-27(33)23-22-16-13-18-7-5-6-10-21(18)31(22)25(24(23)28(30)34)26(32)29-19-8-3-2-4-9-19/h2-16,22-25H,1H3,(H,29,32)/t22-,23+,24+,25-/m0/s1. The maximum Gasteiger partial charge on any atom is 0.247 e. The second-order valence-corrected chi connectivity index (χ2v) is 9.01. The third-order valence-corrected chi connectivity index (χ3v) is 7.02. The summed E-state index contributed by atoms with van der Waals surface area (Å²) in [5, 5.41) is 2.97. The number of imide groups is 1. The number of carbonyl (C=O) groups is 3. The molecule has 2 fully saturated rings. The summed E-state index contributed by atoms with van der Waals surface area (Å²) in [4.78, 5) is 44.4. The van der Waals surface area contributed by atoms with Gasteiger partial charge in [0.2, 0.25) is 17.7 Å². The number of benzene rings is 3. The lowest BCUT2D eigenvalue weighted by atomic mass is 9.88. The van der Waals surface area contributed by atoms with Gasteiger partial charge >= 0.3 is 0 Å². The molecule has 4 atom stereocenters. The number of hydrogen-bond acceptors (Lipinski definition) is 4. The lowest BCUT2D eigenvalue weighted by Crippen LogP contribution is -2.50. The Kier molecular flexibility index (Phi) is 4.62. The smallest absolute Gasteiger partial charge is 0.247 e. The highest BCUT2D eigenvalue weighted by atomic mass is 16.2. The van der Waals surface area contributed by atoms with Crippen LogP contribution < -0.4 is 15.1 Å². The molecule has 1 N–H and O–H groups in total. The van der Waals surface area contributed by atoms with Gasteiger partial charge in [-0.25, -0.2) is 4.90 Å². The number of carbonyl (C=O) groups excluding carboxylic acids is 3. The third kappa shape index (κ3) is 2.99. The molecule has 0 saturated carbocycles. The predicted octanol–water partition coefficient (Wildman–Crippen LogP) is 4.02. The SMILES string of the molecule is Cc1ccc(N2C(=O)[C@@H]3[C@H](C2=O)[C@@H]2C=Cc4ccccc4N2[C@@H]3C(=O)Nc2ccccc2)cc1. The second kappa shape index (κ2) is 7.70. The fourth-order valence-corrected chi connectivity index (χ4v) is 5.50. The van der Waals surface area contributed by atoms with Gasteiger partial charge in [0.25, 0.3) is 0 Å². The van der Waals surface area contributed by atoms with Crippen molar-refractivity contribution in [1.29, 1.82) is 0 Å². The number of anilines is 3. The van der Waals surface area contributed by atoms with Crippen molar-refractivity contribution in [3.63, 3.8) is 0 Å². The quantitative estimate of drug-likeness (QED) is 0.613. The van der Waals surface area contributed by atoms with Crippen LogP contribution >= 0.6 is 0 Å². The van der Waals surface area contributed by atoms with E-state index in [1.165, 1.54) is 4.90 Å². The minimum absolute atomic E-state index is 0.257. The Bertz CT molecular complexity index is 1330. The largest absolute Gasteiger partial charge is 0.351 e. The first-order chi connectivity index (χ1) is 16.5. The van der Waals surface area contributed by atoms with E-state index in [4.69, 9.17) is 0 Å². The van der Waals surface area contributed by atoms with Crippen LogP contribution in [-0.4, -0.2) is 29.8 Å². The van der Waals surface area contributed by atoms with E-state index in [-0.39, 0.29) is 23.8 Å². The van der Waals surface area contributed by atoms with Gasteiger partial charge in [-0.15, -0.1) is 0 Å². The highest BCUT2D eigenvalue weighted by molar-refractivity contribution is 6.25. The van der Waals surface area contributed by atoms with Crippen molar-refractivity contribution in [2.75, 3.05) is 15.1 Å². The molecule has 3 aromatic rings. The highest BCUT2D eigenvalue weighted by Crippen LogP contribution is 2.49. The molecule has 0 aliphatic carbocycles. The average molecular weight is 450 g/mol. The monoisotopic (exact) mass is 449 g/mol. The van der Waals surface area contributed by atoms with E-state index in [0.29, 0.717) is 11.4 Å². The summed E-state index contributed by atoms with van der Waals surface area (Å²) in [7, 11) is 0. The number of nitrogens with zero attached hydrogens (tertiary/aromatic N) is 2. The van der Waals surface area contributed by atoms with E-state index >= 15 is 0 Å². The van der Waals surface area contributed by atoms with E-state index in [2.05, 4.69) is 5.32 Å². The van der Waals surface area contributed by atoms with Gasteiger partial charge < -0.3 is 10.2 Å². The van der Waals surface area contributed by atoms with Crippen molar-refractivity contribution in [3.05, 3.63) is 96.1 Å². The van der Waals surface area contributed by atoms with Gasteiger partial charge in [0, 0.05) is 11.4 Å². The lowest BCUT2D eigenvalue weighted by molar-refractivity contribution is -0.126. The summed E-state index contributed by atoms with van der Waals surface area (Å²) >= 11 is 0. The zero-order valence-corrected chi connectivity index (χ0v) is 18.6. The molecule has 34 heavy (non-hydrogen) atoms. The average Bonchev–Trinajstić information content (AvgIpc) is 3.33. The van der Waals surface area contributed by atoms with Crippen LogP contribution in [0.1, 0.15) is 11.1 Å². The Hall–Kier alpha value is -4.19. The number of aryl methyl sites for hydroxylation is 1. The molecule has 3 aliphatic heterocycles. The van der Waals surface area contributed by atoms with Gasteiger partial charge in [-0.1, -0.05) is 66.2 Å². The molecule has 3 aromatic carbocycles. The number of hydrogen-bond donors (Lipinski definition) is 1. The van der Waals surface area contributed by atoms with Crippen LogP contribution in [0.4, 0.5) is 17.1 Å². The number of fused-ring (bicyclic) bond motifs is 5. The topological polar surface area (TPSA) is 69.7 Å². The molecular formula is C28H23N3O3. The Balaban J connectivity index is 1.44. The van der Waals surface area contributed by atoms with E-state index < -0.39 is 17.9 Å². The van der Waals surface area contributed by atoms with Gasteiger partial charge in [-0.05, 0) is 42.8 Å². The maximum absolute atomic E-state index is 13.8. The van der Waals surface area contributed by atoms with Crippen LogP contribution in [0.15, 0.2) is 84.9 Å². The van der Waals surface area contributed by atoms with Crippen LogP contribution in [0.3, 0.4) is 0 Å². The van der Waals surface area contributed by atoms with Crippen molar-refractivity contribution < 1.29 is 14.4 Å². The molecule has 168 valence electrons. The summed E-state index contributed by atoms with van der Waals surface area (Å²) in [6.45, 7) is 1.96. The van der Waals surface area contributed by atoms with E-state index in [1.54, 1.807) is 12.1 Å². The van der Waals surface area contributed by atoms with Crippen molar-refractivity contribution in [3.8, 4) is 0 Å². The maximum atomic E-state index is 13.8. The van der Waals surface area contributed by atoms with Crippen LogP contribution in [0, 0.1) is 18.8 Å². The summed E-state index contributed by atoms with van der Waals surface area (Å²) in [6, 6.07) is 23.1.